The summed E-state index contributed by atoms with van der Waals surface area (Å²) in [5, 5.41) is 0. The van der Waals surface area contributed by atoms with Crippen LogP contribution in [0.25, 0.3) is 0 Å². The van der Waals surface area contributed by atoms with Gasteiger partial charge in [0.2, 0.25) is 10.0 Å². The molecular formula is C17H23NO3S2. The van der Waals surface area contributed by atoms with Crippen molar-refractivity contribution >= 4 is 21.0 Å². The number of hydrogen-bond acceptors (Lipinski definition) is 3. The van der Waals surface area contributed by atoms with E-state index < -0.39 is 21.0 Å². The largest absolute Gasteiger partial charge is 0.236 e. The van der Waals surface area contributed by atoms with E-state index in [1.54, 1.807) is 12.1 Å². The van der Waals surface area contributed by atoms with Crippen molar-refractivity contribution < 1.29 is 12.6 Å². The Morgan fingerprint density at radius 2 is 1.87 bits per heavy atom. The number of aryl methyl sites for hydroxylation is 1. The molecule has 0 N–H and O–H groups in total. The van der Waals surface area contributed by atoms with Gasteiger partial charge >= 0.3 is 0 Å². The maximum atomic E-state index is 13.1. The second kappa shape index (κ2) is 4.67. The quantitative estimate of drug-likeness (QED) is 0.821. The molecule has 2 bridgehead atoms. The van der Waals surface area contributed by atoms with Crippen molar-refractivity contribution in [2.24, 2.45) is 16.7 Å². The molecule has 23 heavy (non-hydrogen) atoms. The summed E-state index contributed by atoms with van der Waals surface area (Å²) in [5.41, 5.74) is 0.862. The van der Waals surface area contributed by atoms with Crippen molar-refractivity contribution in [3.05, 3.63) is 29.8 Å². The fourth-order valence-electron chi connectivity index (χ4n) is 5.23. The highest BCUT2D eigenvalue weighted by molar-refractivity contribution is 8.01. The summed E-state index contributed by atoms with van der Waals surface area (Å²) < 4.78 is 40.1. The Morgan fingerprint density at radius 3 is 2.48 bits per heavy atom. The van der Waals surface area contributed by atoms with Crippen LogP contribution in [0.15, 0.2) is 29.2 Å². The zero-order valence-corrected chi connectivity index (χ0v) is 15.4. The fraction of sp³-hybridized carbons (Fsp3) is 0.647. The van der Waals surface area contributed by atoms with Gasteiger partial charge in [-0.25, -0.2) is 12.6 Å². The lowest BCUT2D eigenvalue weighted by Gasteiger charge is -2.36. The zero-order valence-electron chi connectivity index (χ0n) is 13.8. The molecule has 1 saturated heterocycles. The van der Waals surface area contributed by atoms with Crippen LogP contribution in [0.3, 0.4) is 0 Å². The van der Waals surface area contributed by atoms with E-state index in [-0.39, 0.29) is 22.6 Å². The predicted octanol–water partition coefficient (Wildman–Crippen LogP) is 2.86. The summed E-state index contributed by atoms with van der Waals surface area (Å²) in [7, 11) is -5.13. The minimum absolute atomic E-state index is 0.0109. The maximum absolute atomic E-state index is 13.1. The molecule has 3 fully saturated rings. The highest BCUT2D eigenvalue weighted by atomic mass is 32.3. The first-order chi connectivity index (χ1) is 10.7. The van der Waals surface area contributed by atoms with Crippen LogP contribution >= 0.6 is 0 Å². The Kier molecular flexibility index (Phi) is 3.21. The standard InChI is InChI=1S/C17H23NO3S2/c1-12-4-6-14(7-5-12)22(19)18-15-10-13-8-9-17(15,16(13,2)3)11-23(18,20)21/h4-7,13,15H,8-11H2,1-3H3/t13-,15-,17-,22-/m1/s1. The first-order valence-electron chi connectivity index (χ1n) is 8.20. The lowest BCUT2D eigenvalue weighted by Crippen LogP contribution is -2.42. The maximum Gasteiger partial charge on any atom is 0.226 e. The molecule has 1 heterocycles. The van der Waals surface area contributed by atoms with Gasteiger partial charge in [-0.3, -0.25) is 0 Å². The second-order valence-corrected chi connectivity index (χ2v) is 11.4. The first-order valence-corrected chi connectivity index (χ1v) is 10.9. The zero-order chi connectivity index (χ0) is 16.6. The van der Waals surface area contributed by atoms with Crippen molar-refractivity contribution in [2.75, 3.05) is 5.75 Å². The van der Waals surface area contributed by atoms with Gasteiger partial charge in [0, 0.05) is 11.5 Å². The normalized spacial score (nSPS) is 38.6. The fourth-order valence-corrected chi connectivity index (χ4v) is 9.73. The molecule has 3 aliphatic rings. The van der Waals surface area contributed by atoms with Gasteiger partial charge in [-0.2, -0.15) is 0 Å². The number of sulfonamides is 1. The van der Waals surface area contributed by atoms with E-state index in [1.807, 2.05) is 19.1 Å². The lowest BCUT2D eigenvalue weighted by molar-refractivity contribution is 0.133. The van der Waals surface area contributed by atoms with Crippen LogP contribution < -0.4 is 0 Å². The third kappa shape index (κ3) is 1.91. The van der Waals surface area contributed by atoms with Gasteiger partial charge in [0.25, 0.3) is 0 Å². The number of rotatable bonds is 2. The van der Waals surface area contributed by atoms with Crippen molar-refractivity contribution in [1.29, 1.82) is 0 Å². The molecule has 4 atom stereocenters. The number of nitrogens with zero attached hydrogens (tertiary/aromatic N) is 1. The SMILES string of the molecule is Cc1ccc([S@@](=O)N2[C@@H]3C[C@H]4CC[C@]3(CS2(=O)=O)C4(C)C)cc1. The summed E-state index contributed by atoms with van der Waals surface area (Å²) in [6.45, 7) is 6.38. The summed E-state index contributed by atoms with van der Waals surface area (Å²) in [6, 6.07) is 7.23. The number of fused-ring (bicyclic) bond motifs is 1. The third-order valence-corrected chi connectivity index (χ3v) is 10.8. The molecule has 0 unspecified atom stereocenters. The summed E-state index contributed by atoms with van der Waals surface area (Å²) in [4.78, 5) is 0.580. The molecule has 2 aliphatic carbocycles. The van der Waals surface area contributed by atoms with Crippen molar-refractivity contribution in [3.8, 4) is 0 Å². The molecule has 0 aromatic heterocycles. The van der Waals surface area contributed by atoms with Crippen molar-refractivity contribution in [2.45, 2.75) is 51.0 Å². The van der Waals surface area contributed by atoms with Crippen LogP contribution in [-0.2, 0) is 21.0 Å². The van der Waals surface area contributed by atoms with E-state index >= 15 is 0 Å². The number of hydrogen-bond donors (Lipinski definition) is 0. The summed E-state index contributed by atoms with van der Waals surface area (Å²) in [5.74, 6) is 0.701. The average molecular weight is 354 g/mol. The molecule has 0 amide bonds. The van der Waals surface area contributed by atoms with Crippen LogP contribution in [0.5, 0.6) is 0 Å². The molecule has 126 valence electrons. The smallest absolute Gasteiger partial charge is 0.226 e. The van der Waals surface area contributed by atoms with Gasteiger partial charge in [-0.05, 0) is 49.7 Å². The average Bonchev–Trinajstić information content (AvgIpc) is 2.94. The minimum atomic E-state index is -3.49. The highest BCUT2D eigenvalue weighted by Crippen LogP contribution is 2.70. The summed E-state index contributed by atoms with van der Waals surface area (Å²) in [6.07, 6.45) is 2.89. The molecular weight excluding hydrogens is 330 g/mol. The van der Waals surface area contributed by atoms with Crippen LogP contribution in [-0.4, -0.2) is 28.1 Å². The van der Waals surface area contributed by atoms with E-state index in [0.717, 1.165) is 24.8 Å². The third-order valence-electron chi connectivity index (χ3n) is 6.74. The molecule has 0 radical (unpaired) electrons. The molecule has 1 aromatic rings. The van der Waals surface area contributed by atoms with Crippen LogP contribution in [0.1, 0.15) is 38.7 Å². The van der Waals surface area contributed by atoms with E-state index in [4.69, 9.17) is 0 Å². The van der Waals surface area contributed by atoms with E-state index in [9.17, 15) is 12.6 Å². The Hall–Kier alpha value is -0.720. The Labute approximate surface area is 140 Å². The van der Waals surface area contributed by atoms with Crippen LogP contribution in [0, 0.1) is 23.7 Å². The van der Waals surface area contributed by atoms with Crippen LogP contribution in [0.4, 0.5) is 0 Å². The molecule has 6 heteroatoms. The van der Waals surface area contributed by atoms with E-state index in [0.29, 0.717) is 10.8 Å². The van der Waals surface area contributed by atoms with E-state index in [1.165, 1.54) is 3.71 Å². The second-order valence-electron chi connectivity index (χ2n) is 7.94. The van der Waals surface area contributed by atoms with Gasteiger partial charge in [0.05, 0.1) is 10.6 Å². The minimum Gasteiger partial charge on any atom is -0.236 e. The Bertz CT molecular complexity index is 785. The van der Waals surface area contributed by atoms with Gasteiger partial charge < -0.3 is 0 Å². The molecule has 4 rings (SSSR count). The lowest BCUT2D eigenvalue weighted by atomic mass is 9.69. The van der Waals surface area contributed by atoms with Gasteiger partial charge in [-0.1, -0.05) is 31.5 Å². The van der Waals surface area contributed by atoms with Gasteiger partial charge in [0.15, 0.2) is 0 Å². The van der Waals surface area contributed by atoms with E-state index in [2.05, 4.69) is 13.8 Å². The topological polar surface area (TPSA) is 54.5 Å². The monoisotopic (exact) mass is 353 g/mol. The van der Waals surface area contributed by atoms with Gasteiger partial charge in [0.1, 0.15) is 11.0 Å². The molecule has 2 saturated carbocycles. The summed E-state index contributed by atoms with van der Waals surface area (Å²) >= 11 is 0. The van der Waals surface area contributed by atoms with Gasteiger partial charge in [-0.15, -0.1) is 3.71 Å². The van der Waals surface area contributed by atoms with Crippen molar-refractivity contribution in [1.82, 2.24) is 3.71 Å². The predicted molar refractivity (Wildman–Crippen MR) is 90.6 cm³/mol. The molecule has 4 nitrogen and oxygen atoms in total. The number of benzene rings is 1. The highest BCUT2D eigenvalue weighted by Gasteiger charge is 2.72. The molecule has 1 spiro atoms. The first kappa shape index (κ1) is 15.8. The Morgan fingerprint density at radius 1 is 1.22 bits per heavy atom. The van der Waals surface area contributed by atoms with Crippen molar-refractivity contribution in [3.63, 3.8) is 0 Å². The molecule has 1 aromatic carbocycles. The Balaban J connectivity index is 1.78. The molecule has 1 aliphatic heterocycles. The van der Waals surface area contributed by atoms with Crippen LogP contribution in [0.2, 0.25) is 0 Å².